The Morgan fingerprint density at radius 1 is 0.489 bits per heavy atom. The first-order valence-electron chi connectivity index (χ1n) is 11.5. The molecule has 4 N–H and O–H groups in total. The van der Waals surface area contributed by atoms with Crippen LogP contribution in [0.4, 0.5) is 58.4 Å². The van der Waals surface area contributed by atoms with Gasteiger partial charge in [-0.15, -0.1) is 0 Å². The number of rotatable bonds is 3. The number of halogens is 12. The zero-order valence-corrected chi connectivity index (χ0v) is 21.5. The van der Waals surface area contributed by atoms with Crippen LogP contribution in [-0.2, 0) is 0 Å². The van der Waals surface area contributed by atoms with Crippen molar-refractivity contribution in [3.63, 3.8) is 0 Å². The molecule has 1 aliphatic carbocycles. The van der Waals surface area contributed by atoms with Crippen LogP contribution < -0.4 is 11.5 Å². The van der Waals surface area contributed by atoms with Crippen LogP contribution in [0.2, 0.25) is 0 Å². The predicted octanol–water partition coefficient (Wildman–Crippen LogP) is 6.76. The van der Waals surface area contributed by atoms with Crippen LogP contribution in [0, 0.1) is 111 Å². The molecule has 0 amide bonds. The Bertz CT molecular complexity index is 1950. The Morgan fingerprint density at radius 2 is 0.822 bits per heavy atom. The topological polar surface area (TPSA) is 123 Å². The van der Waals surface area contributed by atoms with Crippen molar-refractivity contribution >= 4 is 22.5 Å². The van der Waals surface area contributed by atoms with Gasteiger partial charge in [0.05, 0.1) is 33.5 Å². The number of allylic oxidation sites excluding steroid dienone is 5. The highest BCUT2D eigenvalue weighted by Crippen LogP contribution is 2.56. The van der Waals surface area contributed by atoms with Crippen LogP contribution in [-0.4, -0.2) is 0 Å². The molecule has 228 valence electrons. The Labute approximate surface area is 242 Å². The van der Waals surface area contributed by atoms with Gasteiger partial charge in [-0.1, -0.05) is 0 Å². The zero-order valence-electron chi connectivity index (χ0n) is 21.5. The van der Waals surface area contributed by atoms with Gasteiger partial charge in [-0.3, -0.25) is 0 Å². The second kappa shape index (κ2) is 11.0. The standard InChI is InChI=1S/C28H7F12N5/c1-5-15(29)19(33)11(20(34)16(5)30)6(2-41)9-10(7(3-42)12-21(35)25(39)28(45)26(40)22(12)36)13(9)27(44)14-23(37)17(31)8(4-43)18(32)24(14)38/h44-45H2,1H3/b9-6+,10-7-,27-13?. The molecule has 3 aromatic rings. The van der Waals surface area contributed by atoms with Gasteiger partial charge >= 0.3 is 0 Å². The van der Waals surface area contributed by atoms with E-state index in [1.807, 2.05) is 0 Å². The van der Waals surface area contributed by atoms with E-state index in [0.717, 1.165) is 18.2 Å². The summed E-state index contributed by atoms with van der Waals surface area (Å²) in [5.41, 5.74) is -8.37. The Hall–Kier alpha value is -5.89. The Morgan fingerprint density at radius 3 is 1.16 bits per heavy atom. The van der Waals surface area contributed by atoms with Crippen LogP contribution in [0.1, 0.15) is 27.8 Å². The SMILES string of the molecule is Cc1c(F)c(F)c(/C(C#N)=C2/C(=C(N)c3c(F)c(F)c(C#N)c(F)c3F)/C2=C(/C#N)c2c(F)c(F)c(N)c(F)c2F)c(F)c1F. The van der Waals surface area contributed by atoms with Gasteiger partial charge in [0.1, 0.15) is 29.5 Å². The maximum absolute atomic E-state index is 14.9. The maximum Gasteiger partial charge on any atom is 0.185 e. The predicted molar refractivity (Wildman–Crippen MR) is 129 cm³/mol. The van der Waals surface area contributed by atoms with E-state index in [1.54, 1.807) is 0 Å². The van der Waals surface area contributed by atoms with Gasteiger partial charge in [-0.05, 0) is 6.92 Å². The van der Waals surface area contributed by atoms with Crippen LogP contribution in [0.15, 0.2) is 16.7 Å². The first-order chi connectivity index (χ1) is 21.0. The quantitative estimate of drug-likeness (QED) is 0.142. The molecule has 1 fully saturated rings. The summed E-state index contributed by atoms with van der Waals surface area (Å²) in [6, 6.07) is 2.92. The average molecular weight is 641 g/mol. The molecule has 5 nitrogen and oxygen atoms in total. The van der Waals surface area contributed by atoms with Crippen molar-refractivity contribution in [3.05, 3.63) is 114 Å². The lowest BCUT2D eigenvalue weighted by Crippen LogP contribution is -2.10. The van der Waals surface area contributed by atoms with Crippen molar-refractivity contribution in [2.75, 3.05) is 5.73 Å². The molecule has 45 heavy (non-hydrogen) atoms. The van der Waals surface area contributed by atoms with E-state index >= 15 is 0 Å². The van der Waals surface area contributed by atoms with Gasteiger partial charge in [0.2, 0.25) is 0 Å². The molecule has 0 aliphatic heterocycles. The molecule has 0 radical (unpaired) electrons. The number of hydrogen-bond donors (Lipinski definition) is 2. The van der Waals surface area contributed by atoms with E-state index in [2.05, 4.69) is 0 Å². The largest absolute Gasteiger partial charge is 0.398 e. The smallest absolute Gasteiger partial charge is 0.185 e. The molecule has 0 saturated heterocycles. The molecule has 0 spiro atoms. The van der Waals surface area contributed by atoms with Crippen LogP contribution in [0.3, 0.4) is 0 Å². The van der Waals surface area contributed by atoms with E-state index in [-0.39, 0.29) is 0 Å². The van der Waals surface area contributed by atoms with E-state index in [0.29, 0.717) is 6.92 Å². The highest BCUT2D eigenvalue weighted by molar-refractivity contribution is 6.10. The van der Waals surface area contributed by atoms with Gasteiger partial charge in [0.15, 0.2) is 69.8 Å². The summed E-state index contributed by atoms with van der Waals surface area (Å²) in [6.45, 7) is 0.578. The summed E-state index contributed by atoms with van der Waals surface area (Å²) >= 11 is 0. The Balaban J connectivity index is 2.32. The van der Waals surface area contributed by atoms with Crippen molar-refractivity contribution in [1.29, 1.82) is 15.8 Å². The number of nitriles is 3. The highest BCUT2D eigenvalue weighted by Gasteiger charge is 2.45. The van der Waals surface area contributed by atoms with Crippen molar-refractivity contribution in [2.45, 2.75) is 6.92 Å². The van der Waals surface area contributed by atoms with E-state index in [9.17, 15) is 63.2 Å². The first-order valence-corrected chi connectivity index (χ1v) is 11.5. The molecule has 1 aliphatic rings. The van der Waals surface area contributed by atoms with Crippen molar-refractivity contribution < 1.29 is 52.7 Å². The van der Waals surface area contributed by atoms with E-state index < -0.39 is 137 Å². The fraction of sp³-hybridized carbons (Fsp3) is 0.0357. The lowest BCUT2D eigenvalue weighted by molar-refractivity contribution is 0.442. The summed E-state index contributed by atoms with van der Waals surface area (Å²) < 4.78 is 176. The molecule has 0 unspecified atom stereocenters. The summed E-state index contributed by atoms with van der Waals surface area (Å²) in [4.78, 5) is 0. The average Bonchev–Trinajstić information content (AvgIpc) is 3.75. The highest BCUT2D eigenvalue weighted by atomic mass is 19.2. The number of nitrogens with two attached hydrogens (primary N) is 2. The van der Waals surface area contributed by atoms with Crippen LogP contribution in [0.5, 0.6) is 0 Å². The maximum atomic E-state index is 14.9. The minimum atomic E-state index is -2.40. The fourth-order valence-electron chi connectivity index (χ4n) is 4.35. The van der Waals surface area contributed by atoms with Gasteiger partial charge < -0.3 is 11.5 Å². The second-order valence-electron chi connectivity index (χ2n) is 8.93. The van der Waals surface area contributed by atoms with Crippen molar-refractivity contribution in [3.8, 4) is 18.2 Å². The molecule has 17 heteroatoms. The number of benzene rings is 3. The molecule has 0 atom stereocenters. The number of nitrogen functional groups attached to an aromatic ring is 1. The molecular weight excluding hydrogens is 634 g/mol. The van der Waals surface area contributed by atoms with Crippen LogP contribution >= 0.6 is 0 Å². The van der Waals surface area contributed by atoms with Gasteiger partial charge in [-0.2, -0.15) is 15.8 Å². The minimum Gasteiger partial charge on any atom is -0.398 e. The third-order valence-corrected chi connectivity index (χ3v) is 6.61. The summed E-state index contributed by atoms with van der Waals surface area (Å²) in [5, 5.41) is 28.3. The van der Waals surface area contributed by atoms with E-state index in [4.69, 9.17) is 16.7 Å². The van der Waals surface area contributed by atoms with Gasteiger partial charge in [0.25, 0.3) is 0 Å². The van der Waals surface area contributed by atoms with E-state index in [1.165, 1.54) is 0 Å². The number of anilines is 1. The monoisotopic (exact) mass is 641 g/mol. The van der Waals surface area contributed by atoms with Crippen molar-refractivity contribution in [2.24, 2.45) is 5.73 Å². The fourth-order valence-corrected chi connectivity index (χ4v) is 4.35. The van der Waals surface area contributed by atoms with Gasteiger partial charge in [0, 0.05) is 22.3 Å². The molecule has 0 heterocycles. The van der Waals surface area contributed by atoms with Crippen LogP contribution in [0.25, 0.3) is 16.8 Å². The molecule has 0 bridgehead atoms. The summed E-state index contributed by atoms with van der Waals surface area (Å²) in [5.74, 6) is -27.5. The molecular formula is C28H7F12N5. The molecule has 3 aromatic carbocycles. The summed E-state index contributed by atoms with van der Waals surface area (Å²) in [6.07, 6.45) is 0. The normalized spacial score (nSPS) is 15.7. The lowest BCUT2D eigenvalue weighted by Gasteiger charge is -2.09. The lowest BCUT2D eigenvalue weighted by atomic mass is 9.99. The minimum absolute atomic E-state index is 0.578. The summed E-state index contributed by atoms with van der Waals surface area (Å²) in [7, 11) is 0. The Kier molecular flexibility index (Phi) is 7.82. The third-order valence-electron chi connectivity index (χ3n) is 6.61. The molecule has 1 saturated carbocycles. The molecule has 4 rings (SSSR count). The van der Waals surface area contributed by atoms with Gasteiger partial charge in [-0.25, -0.2) is 52.7 Å². The first kappa shape index (κ1) is 32.0. The number of nitrogens with zero attached hydrogens (tertiary/aromatic N) is 3. The number of hydrogen-bond acceptors (Lipinski definition) is 5. The second-order valence-corrected chi connectivity index (χ2v) is 8.93. The molecule has 0 aromatic heterocycles. The van der Waals surface area contributed by atoms with Crippen molar-refractivity contribution in [1.82, 2.24) is 0 Å². The third kappa shape index (κ3) is 4.41. The zero-order chi connectivity index (χ0) is 34.0.